The topological polar surface area (TPSA) is 71.1 Å². The van der Waals surface area contributed by atoms with Crippen LogP contribution in [0.3, 0.4) is 0 Å². The number of ether oxygens (including phenoxy) is 1. The van der Waals surface area contributed by atoms with Gasteiger partial charge in [-0.05, 0) is 37.0 Å². The van der Waals surface area contributed by atoms with Crippen molar-refractivity contribution in [1.82, 2.24) is 4.90 Å². The zero-order chi connectivity index (χ0) is 14.4. The van der Waals surface area contributed by atoms with Gasteiger partial charge in [-0.25, -0.2) is 0 Å². The molecule has 1 aromatic carbocycles. The van der Waals surface area contributed by atoms with Gasteiger partial charge in [0.2, 0.25) is 0 Å². The van der Waals surface area contributed by atoms with Gasteiger partial charge in [0.05, 0.1) is 19.8 Å². The first-order valence-electron chi connectivity index (χ1n) is 7.07. The third-order valence-electron chi connectivity index (χ3n) is 3.61. The lowest BCUT2D eigenvalue weighted by Gasteiger charge is -2.27. The lowest BCUT2D eigenvalue weighted by Crippen LogP contribution is -2.41. The fraction of sp³-hybridized carbons (Fsp3) is 0.533. The van der Waals surface area contributed by atoms with Crippen LogP contribution in [-0.4, -0.2) is 42.7 Å². The lowest BCUT2D eigenvalue weighted by atomic mass is 10.1. The largest absolute Gasteiger partial charge is 0.497 e. The molecule has 1 atom stereocenters. The number of rotatable bonds is 4. The van der Waals surface area contributed by atoms with Crippen molar-refractivity contribution in [2.45, 2.75) is 25.4 Å². The molecule has 6 heteroatoms. The number of guanidine groups is 1. The summed E-state index contributed by atoms with van der Waals surface area (Å²) in [5, 5.41) is 10.1. The highest BCUT2D eigenvalue weighted by Crippen LogP contribution is 2.18. The summed E-state index contributed by atoms with van der Waals surface area (Å²) in [6, 6.07) is 7.35. The van der Waals surface area contributed by atoms with E-state index in [1.54, 1.807) is 7.11 Å². The molecule has 5 nitrogen and oxygen atoms in total. The van der Waals surface area contributed by atoms with E-state index in [-0.39, 0.29) is 30.5 Å². The second-order valence-corrected chi connectivity index (χ2v) is 5.04. The van der Waals surface area contributed by atoms with Crippen LogP contribution < -0.4 is 10.5 Å². The summed E-state index contributed by atoms with van der Waals surface area (Å²) >= 11 is 0. The van der Waals surface area contributed by atoms with E-state index in [9.17, 15) is 5.11 Å². The Bertz CT molecular complexity index is 445. The SMILES string of the molecule is COc1ccc(C(O)CN=C(N)N2CCCCC2)cc1.I. The molecule has 2 rings (SSSR count). The van der Waals surface area contributed by atoms with Crippen molar-refractivity contribution in [1.29, 1.82) is 0 Å². The number of aliphatic imine (C=N–C) groups is 1. The van der Waals surface area contributed by atoms with Crippen molar-refractivity contribution in [3.63, 3.8) is 0 Å². The van der Waals surface area contributed by atoms with E-state index < -0.39 is 6.10 Å². The molecule has 0 aromatic heterocycles. The number of hydrogen-bond donors (Lipinski definition) is 2. The number of nitrogens with two attached hydrogens (primary N) is 1. The Morgan fingerprint density at radius 3 is 2.48 bits per heavy atom. The molecule has 21 heavy (non-hydrogen) atoms. The second-order valence-electron chi connectivity index (χ2n) is 5.04. The number of benzene rings is 1. The van der Waals surface area contributed by atoms with Crippen molar-refractivity contribution in [2.24, 2.45) is 10.7 Å². The minimum atomic E-state index is -0.635. The quantitative estimate of drug-likeness (QED) is 0.458. The van der Waals surface area contributed by atoms with Gasteiger partial charge < -0.3 is 20.5 Å². The van der Waals surface area contributed by atoms with Gasteiger partial charge in [-0.15, -0.1) is 24.0 Å². The molecule has 1 unspecified atom stereocenters. The standard InChI is InChI=1S/C15H23N3O2.HI/c1-20-13-7-5-12(6-8-13)14(19)11-17-15(16)18-9-3-2-4-10-18;/h5-8,14,19H,2-4,9-11H2,1H3,(H2,16,17);1H. The molecule has 0 aliphatic carbocycles. The molecule has 3 N–H and O–H groups in total. The minimum Gasteiger partial charge on any atom is -0.497 e. The monoisotopic (exact) mass is 405 g/mol. The Morgan fingerprint density at radius 1 is 1.29 bits per heavy atom. The summed E-state index contributed by atoms with van der Waals surface area (Å²) in [7, 11) is 1.62. The summed E-state index contributed by atoms with van der Waals surface area (Å²) in [6.07, 6.45) is 2.96. The molecule has 1 aromatic rings. The summed E-state index contributed by atoms with van der Waals surface area (Å²) in [6.45, 7) is 2.22. The molecule has 1 fully saturated rings. The predicted molar refractivity (Wildman–Crippen MR) is 95.3 cm³/mol. The molecule has 1 saturated heterocycles. The molecule has 1 aliphatic rings. The van der Waals surface area contributed by atoms with Crippen molar-refractivity contribution in [2.75, 3.05) is 26.7 Å². The third kappa shape index (κ3) is 5.35. The highest BCUT2D eigenvalue weighted by molar-refractivity contribution is 14.0. The van der Waals surface area contributed by atoms with Crippen LogP contribution in [0.4, 0.5) is 0 Å². The first-order chi connectivity index (χ1) is 9.70. The second kappa shape index (κ2) is 9.09. The minimum absolute atomic E-state index is 0. The molecular formula is C15H24IN3O2. The number of piperidine rings is 1. The molecule has 1 aliphatic heterocycles. The van der Waals surface area contributed by atoms with Gasteiger partial charge >= 0.3 is 0 Å². The normalized spacial score (nSPS) is 17.0. The van der Waals surface area contributed by atoms with Gasteiger partial charge in [-0.2, -0.15) is 0 Å². The van der Waals surface area contributed by atoms with E-state index in [4.69, 9.17) is 10.5 Å². The molecule has 0 spiro atoms. The number of nitrogens with zero attached hydrogens (tertiary/aromatic N) is 2. The van der Waals surface area contributed by atoms with Gasteiger partial charge in [0.15, 0.2) is 5.96 Å². The zero-order valence-electron chi connectivity index (χ0n) is 12.4. The van der Waals surface area contributed by atoms with Crippen LogP contribution in [0.5, 0.6) is 5.75 Å². The van der Waals surface area contributed by atoms with Gasteiger partial charge in [-0.3, -0.25) is 4.99 Å². The van der Waals surface area contributed by atoms with Gasteiger partial charge in [-0.1, -0.05) is 12.1 Å². The Kier molecular flexibility index (Phi) is 7.81. The molecule has 0 radical (unpaired) electrons. The Morgan fingerprint density at radius 2 is 1.90 bits per heavy atom. The first-order valence-corrected chi connectivity index (χ1v) is 7.07. The predicted octanol–water partition coefficient (Wildman–Crippen LogP) is 2.15. The molecule has 0 bridgehead atoms. The number of methoxy groups -OCH3 is 1. The van der Waals surface area contributed by atoms with Gasteiger partial charge in [0, 0.05) is 13.1 Å². The maximum Gasteiger partial charge on any atom is 0.191 e. The Balaban J connectivity index is 0.00000220. The summed E-state index contributed by atoms with van der Waals surface area (Å²) in [4.78, 5) is 6.39. The highest BCUT2D eigenvalue weighted by atomic mass is 127. The van der Waals surface area contributed by atoms with E-state index >= 15 is 0 Å². The van der Waals surface area contributed by atoms with Gasteiger partial charge in [0.25, 0.3) is 0 Å². The molecule has 0 saturated carbocycles. The van der Waals surface area contributed by atoms with E-state index in [0.29, 0.717) is 5.96 Å². The number of likely N-dealkylation sites (tertiary alicyclic amines) is 1. The van der Waals surface area contributed by atoms with E-state index in [1.165, 1.54) is 6.42 Å². The molecule has 0 amide bonds. The number of halogens is 1. The van der Waals surface area contributed by atoms with E-state index in [1.807, 2.05) is 24.3 Å². The zero-order valence-corrected chi connectivity index (χ0v) is 14.7. The van der Waals surface area contributed by atoms with Crippen LogP contribution in [0.1, 0.15) is 30.9 Å². The number of aliphatic hydroxyl groups excluding tert-OH is 1. The van der Waals surface area contributed by atoms with Crippen molar-refractivity contribution < 1.29 is 9.84 Å². The Hall–Kier alpha value is -1.02. The average molecular weight is 405 g/mol. The summed E-state index contributed by atoms with van der Waals surface area (Å²) in [5.41, 5.74) is 6.79. The fourth-order valence-corrected chi connectivity index (χ4v) is 2.33. The summed E-state index contributed by atoms with van der Waals surface area (Å²) < 4.78 is 5.09. The maximum atomic E-state index is 10.1. The van der Waals surface area contributed by atoms with Crippen LogP contribution in [0.25, 0.3) is 0 Å². The molecular weight excluding hydrogens is 381 g/mol. The van der Waals surface area contributed by atoms with Crippen LogP contribution in [0, 0.1) is 0 Å². The smallest absolute Gasteiger partial charge is 0.191 e. The lowest BCUT2D eigenvalue weighted by molar-refractivity contribution is 0.186. The Labute approximate surface area is 143 Å². The van der Waals surface area contributed by atoms with Crippen molar-refractivity contribution in [3.05, 3.63) is 29.8 Å². The van der Waals surface area contributed by atoms with Crippen LogP contribution in [-0.2, 0) is 0 Å². The van der Waals surface area contributed by atoms with Crippen LogP contribution in [0.2, 0.25) is 0 Å². The number of aliphatic hydroxyl groups is 1. The molecule has 1 heterocycles. The highest BCUT2D eigenvalue weighted by Gasteiger charge is 2.13. The van der Waals surface area contributed by atoms with Gasteiger partial charge in [0.1, 0.15) is 5.75 Å². The number of hydrogen-bond acceptors (Lipinski definition) is 3. The fourth-order valence-electron chi connectivity index (χ4n) is 2.33. The van der Waals surface area contributed by atoms with E-state index in [2.05, 4.69) is 9.89 Å². The third-order valence-corrected chi connectivity index (χ3v) is 3.61. The summed E-state index contributed by atoms with van der Waals surface area (Å²) in [5.74, 6) is 1.31. The van der Waals surface area contributed by atoms with Crippen LogP contribution >= 0.6 is 24.0 Å². The van der Waals surface area contributed by atoms with Crippen molar-refractivity contribution >= 4 is 29.9 Å². The maximum absolute atomic E-state index is 10.1. The van der Waals surface area contributed by atoms with Crippen molar-refractivity contribution in [3.8, 4) is 5.75 Å². The first kappa shape index (κ1) is 18.0. The van der Waals surface area contributed by atoms with E-state index in [0.717, 1.165) is 37.2 Å². The van der Waals surface area contributed by atoms with Crippen LogP contribution in [0.15, 0.2) is 29.3 Å². The average Bonchev–Trinajstić information content (AvgIpc) is 2.53. The molecule has 118 valence electrons.